The minimum atomic E-state index is -4.04. The molecule has 134 valence electrons. The average molecular weight is 372 g/mol. The molecule has 2 bridgehead atoms. The quantitative estimate of drug-likeness (QED) is 0.812. The predicted molar refractivity (Wildman–Crippen MR) is 92.6 cm³/mol. The molecule has 0 saturated carbocycles. The van der Waals surface area contributed by atoms with E-state index in [1.165, 1.54) is 30.3 Å². The van der Waals surface area contributed by atoms with E-state index < -0.39 is 32.8 Å². The minimum absolute atomic E-state index is 0.00337. The summed E-state index contributed by atoms with van der Waals surface area (Å²) in [6.45, 7) is 0. The molecule has 0 amide bonds. The van der Waals surface area contributed by atoms with Crippen molar-refractivity contribution in [2.75, 3.05) is 0 Å². The Balaban J connectivity index is 1.64. The van der Waals surface area contributed by atoms with Gasteiger partial charge in [-0.1, -0.05) is 24.3 Å². The van der Waals surface area contributed by atoms with E-state index >= 15 is 0 Å². The Morgan fingerprint density at radius 2 is 1.73 bits per heavy atom. The van der Waals surface area contributed by atoms with Crippen molar-refractivity contribution in [2.24, 2.45) is 5.92 Å². The minimum Gasteiger partial charge on any atom is -0.481 e. The summed E-state index contributed by atoms with van der Waals surface area (Å²) in [5, 5.41) is 9.42. The van der Waals surface area contributed by atoms with E-state index in [1.54, 1.807) is 18.2 Å². The first-order valence-electron chi connectivity index (χ1n) is 8.10. The van der Waals surface area contributed by atoms with E-state index in [-0.39, 0.29) is 11.3 Å². The molecule has 1 N–H and O–H groups in total. The molecule has 1 fully saturated rings. The molecule has 1 saturated heterocycles. The van der Waals surface area contributed by atoms with Crippen LogP contribution in [0.5, 0.6) is 11.5 Å². The van der Waals surface area contributed by atoms with E-state index in [1.807, 2.05) is 18.2 Å². The lowest BCUT2D eigenvalue weighted by molar-refractivity contribution is -0.143. The van der Waals surface area contributed by atoms with Gasteiger partial charge in [0.15, 0.2) is 0 Å². The van der Waals surface area contributed by atoms with Gasteiger partial charge in [0, 0.05) is 0 Å². The lowest BCUT2D eigenvalue weighted by Crippen LogP contribution is -2.44. The lowest BCUT2D eigenvalue weighted by atomic mass is 9.94. The van der Waals surface area contributed by atoms with Crippen molar-refractivity contribution in [3.63, 3.8) is 0 Å². The number of para-hydroxylation sites is 1. The van der Waals surface area contributed by atoms with Crippen molar-refractivity contribution in [1.29, 1.82) is 0 Å². The summed E-state index contributed by atoms with van der Waals surface area (Å²) < 4.78 is 37.5. The Hall–Kier alpha value is -2.64. The fraction of sp³-hybridized carbons (Fsp3) is 0.211. The molecular weight excluding hydrogens is 356 g/mol. The van der Waals surface area contributed by atoms with Crippen LogP contribution in [0.2, 0.25) is 0 Å². The second kappa shape index (κ2) is 5.96. The maximum absolute atomic E-state index is 13.1. The van der Waals surface area contributed by atoms with E-state index in [4.69, 9.17) is 9.47 Å². The highest BCUT2D eigenvalue weighted by Crippen LogP contribution is 2.49. The number of ether oxygens (including phenoxy) is 2. The van der Waals surface area contributed by atoms with E-state index in [0.717, 1.165) is 0 Å². The maximum atomic E-state index is 13.1. The molecule has 6 nitrogen and oxygen atoms in total. The number of hydrogen-bond acceptors (Lipinski definition) is 5. The van der Waals surface area contributed by atoms with Gasteiger partial charge in [-0.15, -0.1) is 0 Å². The number of rotatable bonds is 5. The Morgan fingerprint density at radius 1 is 1.08 bits per heavy atom. The first-order valence-corrected chi connectivity index (χ1v) is 9.58. The Morgan fingerprint density at radius 3 is 2.35 bits per heavy atom. The molecular formula is C19H16O6S. The number of carboxylic acids is 1. The summed E-state index contributed by atoms with van der Waals surface area (Å²) in [5.74, 6) is -1.19. The normalized spacial score (nSPS) is 26.8. The Labute approximate surface area is 150 Å². The molecule has 0 radical (unpaired) electrons. The van der Waals surface area contributed by atoms with Gasteiger partial charge in [-0.3, -0.25) is 4.79 Å². The number of hydrogen-bond donors (Lipinski definition) is 1. The van der Waals surface area contributed by atoms with Crippen molar-refractivity contribution in [3.05, 3.63) is 66.7 Å². The van der Waals surface area contributed by atoms with E-state index in [9.17, 15) is 18.3 Å². The fourth-order valence-electron chi connectivity index (χ4n) is 3.39. The molecule has 3 atom stereocenters. The van der Waals surface area contributed by atoms with Gasteiger partial charge < -0.3 is 14.6 Å². The topological polar surface area (TPSA) is 89.9 Å². The lowest BCUT2D eigenvalue weighted by Gasteiger charge is -2.27. The molecule has 3 unspecified atom stereocenters. The third kappa shape index (κ3) is 2.51. The van der Waals surface area contributed by atoms with Crippen LogP contribution in [0.15, 0.2) is 71.6 Å². The van der Waals surface area contributed by atoms with Gasteiger partial charge in [0.1, 0.15) is 17.4 Å². The average Bonchev–Trinajstić information content (AvgIpc) is 3.24. The van der Waals surface area contributed by atoms with Crippen LogP contribution >= 0.6 is 0 Å². The summed E-state index contributed by atoms with van der Waals surface area (Å²) in [4.78, 5) is 9.69. The second-order valence-electron chi connectivity index (χ2n) is 6.25. The Kier molecular flexibility index (Phi) is 3.86. The number of carboxylic acid groups (broad SMARTS) is 1. The number of fused-ring (bicyclic) bond motifs is 2. The van der Waals surface area contributed by atoms with Crippen molar-refractivity contribution < 1.29 is 27.8 Å². The molecule has 0 aliphatic carbocycles. The van der Waals surface area contributed by atoms with Gasteiger partial charge in [0.25, 0.3) is 0 Å². The molecule has 4 rings (SSSR count). The predicted octanol–water partition coefficient (Wildman–Crippen LogP) is 3.01. The van der Waals surface area contributed by atoms with Crippen LogP contribution in [-0.4, -0.2) is 30.5 Å². The molecule has 2 aliphatic heterocycles. The van der Waals surface area contributed by atoms with Crippen LogP contribution in [0.25, 0.3) is 0 Å². The third-order valence-corrected chi connectivity index (χ3v) is 6.91. The smallest absolute Gasteiger partial charge is 0.311 e. The Bertz CT molecular complexity index is 965. The van der Waals surface area contributed by atoms with E-state index in [2.05, 4.69) is 0 Å². The zero-order valence-corrected chi connectivity index (χ0v) is 14.4. The summed E-state index contributed by atoms with van der Waals surface area (Å²) in [6.07, 6.45) is 2.65. The number of carbonyl (C=O) groups is 1. The molecule has 0 spiro atoms. The monoisotopic (exact) mass is 372 g/mol. The highest BCUT2D eigenvalue weighted by atomic mass is 32.2. The van der Waals surface area contributed by atoms with Gasteiger partial charge in [0.2, 0.25) is 14.8 Å². The van der Waals surface area contributed by atoms with Gasteiger partial charge in [-0.25, -0.2) is 8.42 Å². The van der Waals surface area contributed by atoms with Crippen molar-refractivity contribution >= 4 is 15.8 Å². The number of benzene rings is 2. The van der Waals surface area contributed by atoms with Crippen LogP contribution in [0.1, 0.15) is 6.42 Å². The van der Waals surface area contributed by atoms with Gasteiger partial charge in [0.05, 0.1) is 11.0 Å². The molecule has 0 aromatic heterocycles. The van der Waals surface area contributed by atoms with Crippen LogP contribution in [0, 0.1) is 5.92 Å². The SMILES string of the molecule is O=C(O)C1CC2C=CC1(S(=O)(=O)c1ccc(Oc3ccccc3)cc1)O2. The highest BCUT2D eigenvalue weighted by Gasteiger charge is 2.62. The summed E-state index contributed by atoms with van der Waals surface area (Å²) in [5.41, 5.74) is 0. The summed E-state index contributed by atoms with van der Waals surface area (Å²) >= 11 is 0. The first-order chi connectivity index (χ1) is 12.4. The number of sulfone groups is 1. The van der Waals surface area contributed by atoms with Crippen molar-refractivity contribution in [1.82, 2.24) is 0 Å². The van der Waals surface area contributed by atoms with E-state index in [0.29, 0.717) is 11.5 Å². The zero-order chi connectivity index (χ0) is 18.4. The summed E-state index contributed by atoms with van der Waals surface area (Å²) in [6, 6.07) is 15.0. The van der Waals surface area contributed by atoms with Gasteiger partial charge in [-0.2, -0.15) is 0 Å². The van der Waals surface area contributed by atoms with Crippen LogP contribution < -0.4 is 4.74 Å². The maximum Gasteiger partial charge on any atom is 0.311 e. The highest BCUT2D eigenvalue weighted by molar-refractivity contribution is 7.93. The van der Waals surface area contributed by atoms with Crippen LogP contribution in [0.3, 0.4) is 0 Å². The molecule has 2 aromatic rings. The second-order valence-corrected chi connectivity index (χ2v) is 8.37. The molecule has 2 heterocycles. The molecule has 2 aliphatic rings. The van der Waals surface area contributed by atoms with Gasteiger partial charge >= 0.3 is 5.97 Å². The molecule has 26 heavy (non-hydrogen) atoms. The third-order valence-electron chi connectivity index (χ3n) is 4.66. The molecule has 7 heteroatoms. The van der Waals surface area contributed by atoms with Crippen molar-refractivity contribution in [3.8, 4) is 11.5 Å². The summed E-state index contributed by atoms with van der Waals surface area (Å²) in [7, 11) is -4.04. The largest absolute Gasteiger partial charge is 0.481 e. The van der Waals surface area contributed by atoms with Gasteiger partial charge in [-0.05, 0) is 48.9 Å². The first kappa shape index (κ1) is 16.8. The number of aliphatic carboxylic acids is 1. The van der Waals surface area contributed by atoms with Crippen molar-refractivity contribution in [2.45, 2.75) is 22.4 Å². The standard InChI is InChI=1S/C19H16O6S/c20-18(21)17-12-15-10-11-19(17,25-15)26(22,23)16-8-6-14(7-9-16)24-13-4-2-1-3-5-13/h1-11,15,17H,12H2,(H,20,21). The zero-order valence-electron chi connectivity index (χ0n) is 13.6. The molecule has 2 aromatic carbocycles. The fourth-order valence-corrected chi connectivity index (χ4v) is 5.33. The van der Waals surface area contributed by atoms with Crippen LogP contribution in [-0.2, 0) is 19.4 Å². The van der Waals surface area contributed by atoms with Crippen LogP contribution in [0.4, 0.5) is 0 Å².